The van der Waals surface area contributed by atoms with Gasteiger partial charge in [-0.3, -0.25) is 4.79 Å². The molecule has 0 heterocycles. The first-order chi connectivity index (χ1) is 5.99. The van der Waals surface area contributed by atoms with E-state index in [9.17, 15) is 14.4 Å². The summed E-state index contributed by atoms with van der Waals surface area (Å²) in [6.07, 6.45) is 1.63. The molecule has 0 aliphatic rings. The van der Waals surface area contributed by atoms with Crippen LogP contribution in [0, 0.1) is 0 Å². The van der Waals surface area contributed by atoms with E-state index < -0.39 is 23.2 Å². The summed E-state index contributed by atoms with van der Waals surface area (Å²) >= 11 is 0. The van der Waals surface area contributed by atoms with E-state index >= 15 is 0 Å². The Balaban J connectivity index is 4.91. The summed E-state index contributed by atoms with van der Waals surface area (Å²) in [5, 5.41) is 16.7. The molecular weight excluding hydrogens is 178 g/mol. The maximum absolute atomic E-state index is 10.3. The van der Waals surface area contributed by atoms with Crippen molar-refractivity contribution >= 4 is 18.2 Å². The van der Waals surface area contributed by atoms with Gasteiger partial charge >= 0.3 is 11.9 Å². The van der Waals surface area contributed by atoms with Crippen LogP contribution >= 0.6 is 0 Å². The molecular formula is C7H7NO5. The standard InChI is InChI=1S/C7H7NO5/c8-5(7(12)13)3-4(1-2-9)6(10)11/h1-3H,8H2,(H,10,11)(H,12,13)/b4-1+,5-3+. The normalized spacial score (nSPS) is 12.3. The number of carboxylic acid groups (broad SMARTS) is 2. The summed E-state index contributed by atoms with van der Waals surface area (Å²) in [4.78, 5) is 30.4. The van der Waals surface area contributed by atoms with Gasteiger partial charge in [0.2, 0.25) is 0 Å². The first kappa shape index (κ1) is 10.9. The third-order valence-electron chi connectivity index (χ3n) is 1.05. The van der Waals surface area contributed by atoms with Crippen molar-refractivity contribution in [3.05, 3.63) is 23.4 Å². The Hall–Kier alpha value is -2.11. The van der Waals surface area contributed by atoms with Crippen molar-refractivity contribution < 1.29 is 24.6 Å². The molecule has 0 radical (unpaired) electrons. The van der Waals surface area contributed by atoms with Crippen LogP contribution in [0.2, 0.25) is 0 Å². The molecule has 13 heavy (non-hydrogen) atoms. The van der Waals surface area contributed by atoms with Crippen molar-refractivity contribution in [2.24, 2.45) is 5.73 Å². The van der Waals surface area contributed by atoms with Crippen LogP contribution < -0.4 is 5.73 Å². The minimum Gasteiger partial charge on any atom is -0.478 e. The predicted molar refractivity (Wildman–Crippen MR) is 41.7 cm³/mol. The summed E-state index contributed by atoms with van der Waals surface area (Å²) in [5.41, 5.74) is 3.81. The number of hydrogen-bond acceptors (Lipinski definition) is 4. The predicted octanol–water partition coefficient (Wildman–Crippen LogP) is -0.877. The van der Waals surface area contributed by atoms with E-state index in [1.54, 1.807) is 0 Å². The number of hydrogen-bond donors (Lipinski definition) is 3. The molecule has 0 bridgehead atoms. The largest absolute Gasteiger partial charge is 0.478 e. The number of rotatable bonds is 4. The van der Waals surface area contributed by atoms with Crippen LogP contribution in [0.5, 0.6) is 0 Å². The molecule has 0 aromatic rings. The maximum atomic E-state index is 10.3. The van der Waals surface area contributed by atoms with Crippen molar-refractivity contribution in [3.8, 4) is 0 Å². The number of aldehydes is 1. The summed E-state index contributed by atoms with van der Waals surface area (Å²) in [6.45, 7) is 0. The number of carbonyl (C=O) groups is 3. The van der Waals surface area contributed by atoms with E-state index in [2.05, 4.69) is 0 Å². The molecule has 0 saturated heterocycles. The molecule has 0 aromatic heterocycles. The molecule has 70 valence electrons. The Morgan fingerprint density at radius 2 is 1.69 bits per heavy atom. The molecule has 0 aliphatic carbocycles. The fraction of sp³-hybridized carbons (Fsp3) is 0. The van der Waals surface area contributed by atoms with E-state index in [1.807, 2.05) is 0 Å². The Morgan fingerprint density at radius 3 is 2.00 bits per heavy atom. The van der Waals surface area contributed by atoms with Crippen LogP contribution in [-0.2, 0) is 14.4 Å². The van der Waals surface area contributed by atoms with Gasteiger partial charge in [-0.05, 0) is 12.2 Å². The minimum atomic E-state index is -1.45. The molecule has 0 unspecified atom stereocenters. The first-order valence-corrected chi connectivity index (χ1v) is 3.08. The van der Waals surface area contributed by atoms with E-state index in [4.69, 9.17) is 15.9 Å². The fourth-order valence-electron chi connectivity index (χ4n) is 0.484. The van der Waals surface area contributed by atoms with Gasteiger partial charge in [0.25, 0.3) is 0 Å². The number of nitrogens with two attached hydrogens (primary N) is 1. The van der Waals surface area contributed by atoms with Gasteiger partial charge in [0.15, 0.2) is 0 Å². The third-order valence-corrected chi connectivity index (χ3v) is 1.05. The Morgan fingerprint density at radius 1 is 1.15 bits per heavy atom. The molecule has 0 fully saturated rings. The zero-order valence-corrected chi connectivity index (χ0v) is 6.43. The molecule has 0 spiro atoms. The van der Waals surface area contributed by atoms with Gasteiger partial charge in [-0.2, -0.15) is 0 Å². The zero-order valence-electron chi connectivity index (χ0n) is 6.43. The van der Waals surface area contributed by atoms with Gasteiger partial charge in [-0.15, -0.1) is 0 Å². The SMILES string of the molecule is N/C(=C/C(=C\C=O)C(=O)O)C(=O)O. The van der Waals surface area contributed by atoms with Crippen molar-refractivity contribution in [2.75, 3.05) is 0 Å². The lowest BCUT2D eigenvalue weighted by atomic mass is 10.2. The fourth-order valence-corrected chi connectivity index (χ4v) is 0.484. The van der Waals surface area contributed by atoms with Crippen molar-refractivity contribution in [2.45, 2.75) is 0 Å². The second kappa shape index (κ2) is 4.70. The number of carboxylic acids is 2. The van der Waals surface area contributed by atoms with Crippen LogP contribution in [0.3, 0.4) is 0 Å². The average molecular weight is 185 g/mol. The Labute approximate surface area is 73.0 Å². The minimum absolute atomic E-state index is 0.231. The Kier molecular flexibility index (Phi) is 3.94. The number of allylic oxidation sites excluding steroid dienone is 1. The maximum Gasteiger partial charge on any atom is 0.351 e. The molecule has 0 rings (SSSR count). The number of aliphatic carboxylic acids is 2. The summed E-state index contributed by atoms with van der Waals surface area (Å²) in [5.74, 6) is -2.87. The molecule has 4 N–H and O–H groups in total. The van der Waals surface area contributed by atoms with Gasteiger partial charge < -0.3 is 15.9 Å². The quantitative estimate of drug-likeness (QED) is 0.297. The lowest BCUT2D eigenvalue weighted by Crippen LogP contribution is -2.11. The molecule has 6 nitrogen and oxygen atoms in total. The molecule has 0 saturated carbocycles. The monoisotopic (exact) mass is 185 g/mol. The topological polar surface area (TPSA) is 118 Å². The van der Waals surface area contributed by atoms with Gasteiger partial charge in [-0.25, -0.2) is 9.59 Å². The highest BCUT2D eigenvalue weighted by Crippen LogP contribution is 1.98. The van der Waals surface area contributed by atoms with E-state index in [0.29, 0.717) is 12.2 Å². The van der Waals surface area contributed by atoms with Crippen LogP contribution in [-0.4, -0.2) is 28.4 Å². The van der Waals surface area contributed by atoms with Gasteiger partial charge in [0.1, 0.15) is 12.0 Å². The molecule has 6 heteroatoms. The highest BCUT2D eigenvalue weighted by atomic mass is 16.4. The molecule has 0 atom stereocenters. The highest BCUT2D eigenvalue weighted by molar-refractivity contribution is 5.97. The van der Waals surface area contributed by atoms with Crippen molar-refractivity contribution in [1.29, 1.82) is 0 Å². The van der Waals surface area contributed by atoms with E-state index in [1.165, 1.54) is 0 Å². The van der Waals surface area contributed by atoms with Gasteiger partial charge in [-0.1, -0.05) is 0 Å². The summed E-state index contributed by atoms with van der Waals surface area (Å²) < 4.78 is 0. The molecule has 0 aliphatic heterocycles. The molecule has 0 amide bonds. The lowest BCUT2D eigenvalue weighted by Gasteiger charge is -1.94. The number of carbonyl (C=O) groups excluding carboxylic acids is 1. The zero-order chi connectivity index (χ0) is 10.4. The average Bonchev–Trinajstić information content (AvgIpc) is 2.03. The third kappa shape index (κ3) is 3.71. The van der Waals surface area contributed by atoms with Gasteiger partial charge in [0, 0.05) is 0 Å². The second-order valence-corrected chi connectivity index (χ2v) is 1.97. The van der Waals surface area contributed by atoms with Crippen molar-refractivity contribution in [3.63, 3.8) is 0 Å². The Bertz CT molecular complexity index is 302. The van der Waals surface area contributed by atoms with Crippen LogP contribution in [0.1, 0.15) is 0 Å². The summed E-state index contributed by atoms with van der Waals surface area (Å²) in [6, 6.07) is 0. The smallest absolute Gasteiger partial charge is 0.351 e. The van der Waals surface area contributed by atoms with Crippen LogP contribution in [0.15, 0.2) is 23.4 Å². The summed E-state index contributed by atoms with van der Waals surface area (Å²) in [7, 11) is 0. The van der Waals surface area contributed by atoms with Crippen molar-refractivity contribution in [1.82, 2.24) is 0 Å². The van der Waals surface area contributed by atoms with E-state index in [0.717, 1.165) is 0 Å². The lowest BCUT2D eigenvalue weighted by molar-refractivity contribution is -0.132. The first-order valence-electron chi connectivity index (χ1n) is 3.08. The molecule has 0 aromatic carbocycles. The van der Waals surface area contributed by atoms with Gasteiger partial charge in [0.05, 0.1) is 5.57 Å². The van der Waals surface area contributed by atoms with Crippen LogP contribution in [0.25, 0.3) is 0 Å². The second-order valence-electron chi connectivity index (χ2n) is 1.97. The van der Waals surface area contributed by atoms with E-state index in [-0.39, 0.29) is 6.29 Å². The highest BCUT2D eigenvalue weighted by Gasteiger charge is 2.07. The van der Waals surface area contributed by atoms with Crippen LogP contribution in [0.4, 0.5) is 0 Å².